The van der Waals surface area contributed by atoms with Crippen molar-refractivity contribution in [3.63, 3.8) is 0 Å². The number of benzene rings is 2. The number of anilines is 1. The summed E-state index contributed by atoms with van der Waals surface area (Å²) in [5.74, 6) is 0.394. The van der Waals surface area contributed by atoms with Crippen molar-refractivity contribution in [1.29, 1.82) is 0 Å². The first kappa shape index (κ1) is 21.1. The van der Waals surface area contributed by atoms with E-state index in [1.54, 1.807) is 18.2 Å². The van der Waals surface area contributed by atoms with Crippen LogP contribution >= 0.6 is 11.6 Å². The van der Waals surface area contributed by atoms with E-state index in [1.807, 2.05) is 42.3 Å². The van der Waals surface area contributed by atoms with Crippen LogP contribution < -0.4 is 15.0 Å². The molecule has 0 radical (unpaired) electrons. The topological polar surface area (TPSA) is 63.1 Å². The van der Waals surface area contributed by atoms with Gasteiger partial charge in [0.1, 0.15) is 5.75 Å². The Morgan fingerprint density at radius 3 is 2.52 bits per heavy atom. The smallest absolute Gasteiger partial charge is 0.285 e. The lowest BCUT2D eigenvalue weighted by Crippen LogP contribution is -3.11. The Bertz CT molecular complexity index is 854. The van der Waals surface area contributed by atoms with Crippen molar-refractivity contribution in [2.24, 2.45) is 0 Å². The number of quaternary nitrogens is 1. The van der Waals surface area contributed by atoms with Crippen LogP contribution in [-0.2, 0) is 9.59 Å². The Labute approximate surface area is 176 Å². The van der Waals surface area contributed by atoms with Gasteiger partial charge in [-0.1, -0.05) is 41.9 Å². The molecule has 0 bridgehead atoms. The molecule has 7 heteroatoms. The van der Waals surface area contributed by atoms with Crippen molar-refractivity contribution >= 4 is 29.1 Å². The molecule has 154 valence electrons. The van der Waals surface area contributed by atoms with E-state index in [1.165, 1.54) is 7.11 Å². The third-order valence-corrected chi connectivity index (χ3v) is 5.40. The zero-order valence-corrected chi connectivity index (χ0v) is 17.5. The zero-order chi connectivity index (χ0) is 20.8. The van der Waals surface area contributed by atoms with Crippen molar-refractivity contribution < 1.29 is 19.2 Å². The van der Waals surface area contributed by atoms with E-state index in [4.69, 9.17) is 16.3 Å². The van der Waals surface area contributed by atoms with Crippen LogP contribution in [0.3, 0.4) is 0 Å². The van der Waals surface area contributed by atoms with Crippen LogP contribution in [0.4, 0.5) is 5.69 Å². The summed E-state index contributed by atoms with van der Waals surface area (Å²) in [6.07, 6.45) is 2.06. The summed E-state index contributed by atoms with van der Waals surface area (Å²) in [5.41, 5.74) is 1.43. The fraction of sp³-hybridized carbons (Fsp3) is 0.364. The van der Waals surface area contributed by atoms with Crippen LogP contribution in [0, 0.1) is 0 Å². The highest BCUT2D eigenvalue weighted by atomic mass is 35.5. The van der Waals surface area contributed by atoms with Gasteiger partial charge in [-0.3, -0.25) is 9.59 Å². The van der Waals surface area contributed by atoms with E-state index >= 15 is 0 Å². The molecule has 2 N–H and O–H groups in total. The number of likely N-dealkylation sites (N-methyl/N-ethyl adjacent to an activating group) is 1. The van der Waals surface area contributed by atoms with Crippen molar-refractivity contribution in [3.8, 4) is 5.75 Å². The van der Waals surface area contributed by atoms with E-state index in [2.05, 4.69) is 5.32 Å². The lowest BCUT2D eigenvalue weighted by Gasteiger charge is -2.28. The van der Waals surface area contributed by atoms with Gasteiger partial charge in [-0.15, -0.1) is 0 Å². The van der Waals surface area contributed by atoms with Crippen molar-refractivity contribution in [2.45, 2.75) is 18.9 Å². The minimum Gasteiger partial charge on any atom is -0.495 e. The predicted molar refractivity (Wildman–Crippen MR) is 113 cm³/mol. The monoisotopic (exact) mass is 416 g/mol. The molecule has 0 spiro atoms. The summed E-state index contributed by atoms with van der Waals surface area (Å²) < 4.78 is 5.29. The molecule has 2 aromatic carbocycles. The molecule has 0 aromatic heterocycles. The molecule has 2 aromatic rings. The summed E-state index contributed by atoms with van der Waals surface area (Å²) >= 11 is 6.05. The molecule has 29 heavy (non-hydrogen) atoms. The standard InChI is InChI=1S/C22H26ClN3O3/c1-25(15-20(27)24-18-14-17(23)10-11-19(18)29-2)21(16-8-4-3-5-9-16)22(28)26-12-6-7-13-26/h3-5,8-11,14,21H,6-7,12-13,15H2,1-2H3,(H,24,27)/p+1/t21-/m1/s1. The molecule has 2 atom stereocenters. The average molecular weight is 417 g/mol. The molecule has 3 rings (SSSR count). The van der Waals surface area contributed by atoms with Gasteiger partial charge in [0, 0.05) is 23.7 Å². The number of nitrogens with one attached hydrogen (secondary N) is 2. The Morgan fingerprint density at radius 1 is 1.17 bits per heavy atom. The van der Waals surface area contributed by atoms with E-state index in [0.29, 0.717) is 16.5 Å². The van der Waals surface area contributed by atoms with Gasteiger partial charge in [0.25, 0.3) is 11.8 Å². The van der Waals surface area contributed by atoms with Crippen molar-refractivity contribution in [2.75, 3.05) is 39.1 Å². The van der Waals surface area contributed by atoms with Gasteiger partial charge in [0.2, 0.25) is 0 Å². The summed E-state index contributed by atoms with van der Waals surface area (Å²) in [4.78, 5) is 28.6. The first-order chi connectivity index (χ1) is 14.0. The summed E-state index contributed by atoms with van der Waals surface area (Å²) in [6, 6.07) is 14.3. The highest BCUT2D eigenvalue weighted by Crippen LogP contribution is 2.27. The minimum absolute atomic E-state index is 0.0688. The molecular formula is C22H27ClN3O3+. The van der Waals surface area contributed by atoms with Crippen LogP contribution in [0.15, 0.2) is 48.5 Å². The van der Waals surface area contributed by atoms with E-state index in [9.17, 15) is 9.59 Å². The van der Waals surface area contributed by atoms with Crippen LogP contribution in [0.25, 0.3) is 0 Å². The Balaban J connectivity index is 1.75. The SMILES string of the molecule is COc1ccc(Cl)cc1NC(=O)C[NH+](C)[C@@H](C(=O)N1CCCC1)c1ccccc1. The van der Waals surface area contributed by atoms with Gasteiger partial charge in [0.15, 0.2) is 12.6 Å². The minimum atomic E-state index is -0.429. The van der Waals surface area contributed by atoms with Crippen LogP contribution in [0.1, 0.15) is 24.4 Å². The number of methoxy groups -OCH3 is 1. The molecular weight excluding hydrogens is 390 g/mol. The second kappa shape index (κ2) is 9.76. The van der Waals surface area contributed by atoms with Gasteiger partial charge in [-0.05, 0) is 31.0 Å². The molecule has 1 aliphatic heterocycles. The number of carbonyl (C=O) groups excluding carboxylic acids is 2. The van der Waals surface area contributed by atoms with Gasteiger partial charge < -0.3 is 19.9 Å². The van der Waals surface area contributed by atoms with Crippen LogP contribution in [0.2, 0.25) is 5.02 Å². The molecule has 6 nitrogen and oxygen atoms in total. The Kier molecular flexibility index (Phi) is 7.12. The predicted octanol–water partition coefficient (Wildman–Crippen LogP) is 2.17. The quantitative estimate of drug-likeness (QED) is 0.727. The van der Waals surface area contributed by atoms with Gasteiger partial charge in [-0.25, -0.2) is 0 Å². The van der Waals surface area contributed by atoms with E-state index in [0.717, 1.165) is 36.4 Å². The van der Waals surface area contributed by atoms with E-state index < -0.39 is 6.04 Å². The maximum atomic E-state index is 13.2. The maximum Gasteiger partial charge on any atom is 0.285 e. The van der Waals surface area contributed by atoms with E-state index in [-0.39, 0.29) is 18.4 Å². The molecule has 0 saturated carbocycles. The van der Waals surface area contributed by atoms with Crippen molar-refractivity contribution in [1.82, 2.24) is 4.90 Å². The van der Waals surface area contributed by atoms with Gasteiger partial charge in [-0.2, -0.15) is 0 Å². The number of hydrogen-bond donors (Lipinski definition) is 2. The summed E-state index contributed by atoms with van der Waals surface area (Å²) in [7, 11) is 3.41. The first-order valence-electron chi connectivity index (χ1n) is 9.79. The summed E-state index contributed by atoms with van der Waals surface area (Å²) in [6.45, 7) is 1.69. The number of ether oxygens (including phenoxy) is 1. The highest BCUT2D eigenvalue weighted by Gasteiger charge is 2.35. The van der Waals surface area contributed by atoms with Gasteiger partial charge in [0.05, 0.1) is 19.8 Å². The molecule has 1 fully saturated rings. The molecule has 2 amide bonds. The number of hydrogen-bond acceptors (Lipinski definition) is 3. The number of likely N-dealkylation sites (tertiary alicyclic amines) is 1. The Hall–Kier alpha value is -2.57. The van der Waals surface area contributed by atoms with Crippen LogP contribution in [-0.4, -0.2) is 50.5 Å². The molecule has 1 saturated heterocycles. The van der Waals surface area contributed by atoms with Crippen molar-refractivity contribution in [3.05, 3.63) is 59.1 Å². The lowest BCUT2D eigenvalue weighted by atomic mass is 10.0. The number of carbonyl (C=O) groups is 2. The highest BCUT2D eigenvalue weighted by molar-refractivity contribution is 6.31. The number of rotatable bonds is 7. The fourth-order valence-electron chi connectivity index (χ4n) is 3.73. The second-order valence-electron chi connectivity index (χ2n) is 7.29. The lowest BCUT2D eigenvalue weighted by molar-refractivity contribution is -0.894. The third kappa shape index (κ3) is 5.28. The largest absolute Gasteiger partial charge is 0.495 e. The van der Waals surface area contributed by atoms with Gasteiger partial charge >= 0.3 is 0 Å². The molecule has 1 unspecified atom stereocenters. The summed E-state index contributed by atoms with van der Waals surface area (Å²) in [5, 5.41) is 3.36. The Morgan fingerprint density at radius 2 is 1.86 bits per heavy atom. The number of amides is 2. The van der Waals surface area contributed by atoms with Crippen LogP contribution in [0.5, 0.6) is 5.75 Å². The first-order valence-corrected chi connectivity index (χ1v) is 10.2. The average Bonchev–Trinajstić information content (AvgIpc) is 3.24. The second-order valence-corrected chi connectivity index (χ2v) is 7.73. The maximum absolute atomic E-state index is 13.2. The number of nitrogens with zero attached hydrogens (tertiary/aromatic N) is 1. The third-order valence-electron chi connectivity index (χ3n) is 5.17. The number of halogens is 1. The molecule has 1 heterocycles. The molecule has 1 aliphatic rings. The normalized spacial score (nSPS) is 15.6. The zero-order valence-electron chi connectivity index (χ0n) is 16.8. The fourth-order valence-corrected chi connectivity index (χ4v) is 3.90. The molecule has 0 aliphatic carbocycles.